The molecule has 0 saturated heterocycles. The highest BCUT2D eigenvalue weighted by Gasteiger charge is 2.32. The van der Waals surface area contributed by atoms with Crippen LogP contribution >= 0.6 is 0 Å². The summed E-state index contributed by atoms with van der Waals surface area (Å²) in [5, 5.41) is 0. The summed E-state index contributed by atoms with van der Waals surface area (Å²) >= 11 is 0. The Hall–Kier alpha value is -2.42. The summed E-state index contributed by atoms with van der Waals surface area (Å²) in [6.07, 6.45) is 9.32. The predicted octanol–water partition coefficient (Wildman–Crippen LogP) is 3.94. The SMILES string of the molecule is CC1(C)C=CC=C(C(=O)CC2OC(=O)c3ccccc32)C=C1. The van der Waals surface area contributed by atoms with E-state index in [9.17, 15) is 9.59 Å². The largest absolute Gasteiger partial charge is 0.453 e. The number of ketones is 1. The van der Waals surface area contributed by atoms with E-state index in [1.54, 1.807) is 12.1 Å². The second kappa shape index (κ2) is 5.41. The van der Waals surface area contributed by atoms with Crippen LogP contribution in [-0.4, -0.2) is 11.8 Å². The van der Waals surface area contributed by atoms with E-state index in [1.807, 2.05) is 36.4 Å². The number of rotatable bonds is 3. The molecule has 0 N–H and O–H groups in total. The summed E-state index contributed by atoms with van der Waals surface area (Å²) in [5.74, 6) is -0.368. The van der Waals surface area contributed by atoms with Gasteiger partial charge in [0.25, 0.3) is 0 Å². The zero-order valence-electron chi connectivity index (χ0n) is 12.7. The lowest BCUT2D eigenvalue weighted by Gasteiger charge is -2.13. The molecule has 0 spiro atoms. The van der Waals surface area contributed by atoms with Crippen molar-refractivity contribution in [3.05, 3.63) is 71.3 Å². The molecule has 1 atom stereocenters. The fraction of sp³-hybridized carbons (Fsp3) is 0.263. The molecular weight excluding hydrogens is 276 g/mol. The summed E-state index contributed by atoms with van der Waals surface area (Å²) in [5.41, 5.74) is 1.94. The topological polar surface area (TPSA) is 43.4 Å². The van der Waals surface area contributed by atoms with Crippen LogP contribution in [0.5, 0.6) is 0 Å². The molecule has 3 nitrogen and oxygen atoms in total. The maximum Gasteiger partial charge on any atom is 0.339 e. The number of Topliss-reactive ketones (excluding diaryl/α,β-unsaturated/α-hetero) is 1. The van der Waals surface area contributed by atoms with Crippen LogP contribution in [0.3, 0.4) is 0 Å². The molecule has 22 heavy (non-hydrogen) atoms. The minimum Gasteiger partial charge on any atom is -0.453 e. The summed E-state index contributed by atoms with van der Waals surface area (Å²) in [6.45, 7) is 4.16. The molecule has 1 aromatic carbocycles. The first-order valence-electron chi connectivity index (χ1n) is 7.38. The number of carbonyl (C=O) groups is 2. The molecule has 1 aliphatic heterocycles. The number of esters is 1. The average Bonchev–Trinajstić information content (AvgIpc) is 2.67. The molecule has 0 saturated carbocycles. The van der Waals surface area contributed by atoms with Crippen molar-refractivity contribution in [2.24, 2.45) is 5.41 Å². The van der Waals surface area contributed by atoms with Gasteiger partial charge in [-0.1, -0.05) is 62.4 Å². The van der Waals surface area contributed by atoms with Crippen LogP contribution in [0.2, 0.25) is 0 Å². The number of carbonyl (C=O) groups excluding carboxylic acids is 2. The molecule has 0 aromatic heterocycles. The first kappa shape index (κ1) is 14.5. The predicted molar refractivity (Wildman–Crippen MR) is 84.4 cm³/mol. The Balaban J connectivity index is 1.78. The molecule has 1 heterocycles. The lowest BCUT2D eigenvalue weighted by molar-refractivity contribution is -0.117. The number of cyclic esters (lactones) is 1. The lowest BCUT2D eigenvalue weighted by Crippen LogP contribution is -2.09. The molecule has 1 unspecified atom stereocenters. The van der Waals surface area contributed by atoms with Crippen molar-refractivity contribution in [3.63, 3.8) is 0 Å². The summed E-state index contributed by atoms with van der Waals surface area (Å²) in [4.78, 5) is 24.3. The molecule has 0 bridgehead atoms. The molecule has 3 rings (SSSR count). The molecule has 3 heteroatoms. The Labute approximate surface area is 130 Å². The highest BCUT2D eigenvalue weighted by Crippen LogP contribution is 2.34. The quantitative estimate of drug-likeness (QED) is 0.793. The van der Waals surface area contributed by atoms with Crippen molar-refractivity contribution in [2.75, 3.05) is 0 Å². The Bertz CT molecular complexity index is 720. The van der Waals surface area contributed by atoms with Crippen molar-refractivity contribution in [1.29, 1.82) is 0 Å². The van der Waals surface area contributed by atoms with Crippen molar-refractivity contribution in [2.45, 2.75) is 26.4 Å². The number of allylic oxidation sites excluding steroid dienone is 6. The highest BCUT2D eigenvalue weighted by molar-refractivity contribution is 6.00. The summed E-state index contributed by atoms with van der Waals surface area (Å²) < 4.78 is 5.34. The van der Waals surface area contributed by atoms with Gasteiger partial charge in [-0.2, -0.15) is 0 Å². The van der Waals surface area contributed by atoms with Gasteiger partial charge < -0.3 is 4.74 Å². The number of hydrogen-bond acceptors (Lipinski definition) is 3. The Morgan fingerprint density at radius 3 is 2.82 bits per heavy atom. The van der Waals surface area contributed by atoms with Crippen LogP contribution in [0.25, 0.3) is 0 Å². The standard InChI is InChI=1S/C19H18O3/c1-19(2)10-5-6-13(9-11-19)16(20)12-17-14-7-3-4-8-15(14)18(21)22-17/h3-11,17H,12H2,1-2H3. The van der Waals surface area contributed by atoms with E-state index in [0.717, 1.165) is 5.56 Å². The van der Waals surface area contributed by atoms with E-state index in [2.05, 4.69) is 19.9 Å². The van der Waals surface area contributed by atoms with E-state index in [4.69, 9.17) is 4.74 Å². The fourth-order valence-electron chi connectivity index (χ4n) is 2.66. The number of fused-ring (bicyclic) bond motifs is 1. The highest BCUT2D eigenvalue weighted by atomic mass is 16.5. The van der Waals surface area contributed by atoms with Crippen molar-refractivity contribution in [1.82, 2.24) is 0 Å². The van der Waals surface area contributed by atoms with Crippen LogP contribution in [-0.2, 0) is 9.53 Å². The molecular formula is C19H18O3. The van der Waals surface area contributed by atoms with Gasteiger partial charge in [-0.25, -0.2) is 4.79 Å². The van der Waals surface area contributed by atoms with Crippen molar-refractivity contribution in [3.8, 4) is 0 Å². The number of hydrogen-bond donors (Lipinski definition) is 0. The molecule has 1 aromatic rings. The third-order valence-electron chi connectivity index (χ3n) is 3.96. The van der Waals surface area contributed by atoms with Gasteiger partial charge in [0.1, 0.15) is 6.10 Å². The smallest absolute Gasteiger partial charge is 0.339 e. The zero-order valence-corrected chi connectivity index (χ0v) is 12.7. The van der Waals surface area contributed by atoms with Crippen LogP contribution in [0.15, 0.2) is 60.2 Å². The summed E-state index contributed by atoms with van der Waals surface area (Å²) in [6, 6.07) is 7.23. The maximum atomic E-state index is 12.5. The van der Waals surface area contributed by atoms with Gasteiger partial charge >= 0.3 is 5.97 Å². The van der Waals surface area contributed by atoms with Crippen LogP contribution < -0.4 is 0 Å². The third kappa shape index (κ3) is 2.80. The Kier molecular flexibility index (Phi) is 3.57. The molecule has 0 fully saturated rings. The number of ether oxygens (including phenoxy) is 1. The van der Waals surface area contributed by atoms with Crippen LogP contribution in [0.1, 0.15) is 42.3 Å². The van der Waals surface area contributed by atoms with Gasteiger partial charge in [0.2, 0.25) is 0 Å². The van der Waals surface area contributed by atoms with Gasteiger partial charge in [-0.3, -0.25) is 4.79 Å². The van der Waals surface area contributed by atoms with E-state index in [1.165, 1.54) is 0 Å². The van der Waals surface area contributed by atoms with E-state index in [-0.39, 0.29) is 23.6 Å². The maximum absolute atomic E-state index is 12.5. The molecule has 112 valence electrons. The van der Waals surface area contributed by atoms with E-state index >= 15 is 0 Å². The van der Waals surface area contributed by atoms with Gasteiger partial charge in [0.15, 0.2) is 5.78 Å². The fourth-order valence-corrected chi connectivity index (χ4v) is 2.66. The summed E-state index contributed by atoms with van der Waals surface area (Å²) in [7, 11) is 0. The Morgan fingerprint density at radius 1 is 1.23 bits per heavy atom. The van der Waals surface area contributed by atoms with Crippen LogP contribution in [0, 0.1) is 5.41 Å². The monoisotopic (exact) mass is 294 g/mol. The van der Waals surface area contributed by atoms with E-state index < -0.39 is 6.10 Å². The number of benzene rings is 1. The zero-order chi connectivity index (χ0) is 15.7. The van der Waals surface area contributed by atoms with Gasteiger partial charge in [0, 0.05) is 16.6 Å². The van der Waals surface area contributed by atoms with Crippen molar-refractivity contribution >= 4 is 11.8 Å². The first-order chi connectivity index (χ1) is 10.5. The molecule has 1 aliphatic carbocycles. The van der Waals surface area contributed by atoms with Gasteiger partial charge in [-0.05, 0) is 6.07 Å². The van der Waals surface area contributed by atoms with Crippen LogP contribution in [0.4, 0.5) is 0 Å². The normalized spacial score (nSPS) is 21.8. The van der Waals surface area contributed by atoms with Crippen molar-refractivity contribution < 1.29 is 14.3 Å². The Morgan fingerprint density at radius 2 is 2.00 bits per heavy atom. The molecule has 0 amide bonds. The molecule has 2 aliphatic rings. The minimum absolute atomic E-state index is 0.0203. The average molecular weight is 294 g/mol. The minimum atomic E-state index is -0.481. The lowest BCUT2D eigenvalue weighted by atomic mass is 9.92. The van der Waals surface area contributed by atoms with Gasteiger partial charge in [0.05, 0.1) is 12.0 Å². The second-order valence-corrected chi connectivity index (χ2v) is 6.24. The van der Waals surface area contributed by atoms with Gasteiger partial charge in [-0.15, -0.1) is 0 Å². The molecule has 0 radical (unpaired) electrons. The second-order valence-electron chi connectivity index (χ2n) is 6.24. The van der Waals surface area contributed by atoms with E-state index in [0.29, 0.717) is 11.1 Å². The first-order valence-corrected chi connectivity index (χ1v) is 7.38. The third-order valence-corrected chi connectivity index (χ3v) is 3.96.